The minimum Gasteiger partial charge on any atom is -0.395 e. The SMILES string of the molecule is CCOP(=O)(OCC)C(CO)CO. The Labute approximate surface area is 78.2 Å². The molecule has 5 nitrogen and oxygen atoms in total. The van der Waals surface area contributed by atoms with Gasteiger partial charge in [0.05, 0.1) is 26.4 Å². The Kier molecular flexibility index (Phi) is 6.55. The van der Waals surface area contributed by atoms with Gasteiger partial charge >= 0.3 is 7.60 Å². The van der Waals surface area contributed by atoms with Gasteiger partial charge in [0.25, 0.3) is 0 Å². The average Bonchev–Trinajstić information content (AvgIpc) is 2.07. The van der Waals surface area contributed by atoms with Crippen LogP contribution in [0.4, 0.5) is 0 Å². The molecule has 0 fully saturated rings. The molecule has 0 atom stereocenters. The Bertz CT molecular complexity index is 158. The Hall–Kier alpha value is 0.0700. The minimum atomic E-state index is -3.33. The molecule has 0 aromatic heterocycles. The van der Waals surface area contributed by atoms with E-state index in [1.165, 1.54) is 0 Å². The maximum absolute atomic E-state index is 11.8. The van der Waals surface area contributed by atoms with Crippen LogP contribution >= 0.6 is 7.60 Å². The summed E-state index contributed by atoms with van der Waals surface area (Å²) in [5, 5.41) is 17.6. The summed E-state index contributed by atoms with van der Waals surface area (Å²) >= 11 is 0. The fraction of sp³-hybridized carbons (Fsp3) is 1.00. The molecule has 0 aliphatic carbocycles. The molecule has 0 bridgehead atoms. The Balaban J connectivity index is 4.44. The van der Waals surface area contributed by atoms with Gasteiger partial charge in [0, 0.05) is 0 Å². The van der Waals surface area contributed by atoms with Crippen LogP contribution in [0.25, 0.3) is 0 Å². The fourth-order valence-electron chi connectivity index (χ4n) is 0.866. The van der Waals surface area contributed by atoms with E-state index in [0.717, 1.165) is 0 Å². The highest BCUT2D eigenvalue weighted by Gasteiger charge is 2.34. The smallest absolute Gasteiger partial charge is 0.338 e. The molecule has 0 aliphatic rings. The second-order valence-electron chi connectivity index (χ2n) is 2.39. The van der Waals surface area contributed by atoms with Crippen LogP contribution in [0.3, 0.4) is 0 Å². The normalized spacial score (nSPS) is 12.4. The summed E-state index contributed by atoms with van der Waals surface area (Å²) in [6.07, 6.45) is 0. The van der Waals surface area contributed by atoms with Crippen molar-refractivity contribution in [1.82, 2.24) is 0 Å². The highest BCUT2D eigenvalue weighted by molar-refractivity contribution is 7.54. The van der Waals surface area contributed by atoms with Crippen molar-refractivity contribution in [1.29, 1.82) is 0 Å². The molecule has 0 aromatic rings. The first-order chi connectivity index (χ1) is 6.14. The lowest BCUT2D eigenvalue weighted by molar-refractivity contribution is 0.166. The van der Waals surface area contributed by atoms with Gasteiger partial charge in [0.2, 0.25) is 0 Å². The third kappa shape index (κ3) is 3.75. The molecular formula is C7H17O5P. The third-order valence-electron chi connectivity index (χ3n) is 1.49. The predicted molar refractivity (Wildman–Crippen MR) is 48.8 cm³/mol. The van der Waals surface area contributed by atoms with E-state index >= 15 is 0 Å². The van der Waals surface area contributed by atoms with Crippen molar-refractivity contribution >= 4 is 7.60 Å². The van der Waals surface area contributed by atoms with Crippen LogP contribution < -0.4 is 0 Å². The lowest BCUT2D eigenvalue weighted by Gasteiger charge is -2.22. The van der Waals surface area contributed by atoms with E-state index < -0.39 is 26.5 Å². The Morgan fingerprint density at radius 1 is 1.15 bits per heavy atom. The van der Waals surface area contributed by atoms with Gasteiger partial charge in [0.1, 0.15) is 5.66 Å². The molecule has 0 rings (SSSR count). The quantitative estimate of drug-likeness (QED) is 0.604. The van der Waals surface area contributed by atoms with Gasteiger partial charge in [-0.05, 0) is 13.8 Å². The first kappa shape index (κ1) is 13.1. The van der Waals surface area contributed by atoms with Crippen molar-refractivity contribution in [3.8, 4) is 0 Å². The largest absolute Gasteiger partial charge is 0.395 e. The monoisotopic (exact) mass is 212 g/mol. The maximum Gasteiger partial charge on any atom is 0.338 e. The maximum atomic E-state index is 11.8. The fourth-order valence-corrected chi connectivity index (χ4v) is 2.48. The van der Waals surface area contributed by atoms with Gasteiger partial charge in [-0.3, -0.25) is 4.57 Å². The van der Waals surface area contributed by atoms with E-state index in [1.54, 1.807) is 13.8 Å². The van der Waals surface area contributed by atoms with Crippen molar-refractivity contribution in [2.45, 2.75) is 19.5 Å². The highest BCUT2D eigenvalue weighted by atomic mass is 31.2. The van der Waals surface area contributed by atoms with Gasteiger partial charge in [-0.1, -0.05) is 0 Å². The molecule has 13 heavy (non-hydrogen) atoms. The zero-order valence-corrected chi connectivity index (χ0v) is 8.87. The van der Waals surface area contributed by atoms with Crippen LogP contribution in [0.5, 0.6) is 0 Å². The zero-order valence-electron chi connectivity index (χ0n) is 7.97. The summed E-state index contributed by atoms with van der Waals surface area (Å²) in [6, 6.07) is 0. The summed E-state index contributed by atoms with van der Waals surface area (Å²) in [5.74, 6) is 0. The van der Waals surface area contributed by atoms with Crippen LogP contribution in [-0.2, 0) is 13.6 Å². The van der Waals surface area contributed by atoms with Crippen molar-refractivity contribution in [2.75, 3.05) is 26.4 Å². The molecule has 0 aliphatic heterocycles. The van der Waals surface area contributed by atoms with Gasteiger partial charge in [-0.15, -0.1) is 0 Å². The summed E-state index contributed by atoms with van der Waals surface area (Å²) < 4.78 is 21.7. The van der Waals surface area contributed by atoms with E-state index in [0.29, 0.717) is 0 Å². The van der Waals surface area contributed by atoms with Crippen LogP contribution in [-0.4, -0.2) is 42.3 Å². The molecule has 0 saturated heterocycles. The van der Waals surface area contributed by atoms with Crippen molar-refractivity contribution in [3.05, 3.63) is 0 Å². The molecule has 0 saturated carbocycles. The van der Waals surface area contributed by atoms with Crippen LogP contribution in [0, 0.1) is 0 Å². The van der Waals surface area contributed by atoms with Crippen molar-refractivity contribution in [3.63, 3.8) is 0 Å². The van der Waals surface area contributed by atoms with Gasteiger partial charge < -0.3 is 19.3 Å². The number of hydrogen-bond acceptors (Lipinski definition) is 5. The number of aliphatic hydroxyl groups excluding tert-OH is 2. The molecule has 0 radical (unpaired) electrons. The van der Waals surface area contributed by atoms with Gasteiger partial charge in [-0.25, -0.2) is 0 Å². The van der Waals surface area contributed by atoms with Gasteiger partial charge in [0.15, 0.2) is 0 Å². The van der Waals surface area contributed by atoms with E-state index in [2.05, 4.69) is 0 Å². The molecule has 0 unspecified atom stereocenters. The molecule has 80 valence electrons. The molecule has 0 amide bonds. The van der Waals surface area contributed by atoms with E-state index in [-0.39, 0.29) is 13.2 Å². The molecule has 2 N–H and O–H groups in total. The molecule has 0 aromatic carbocycles. The standard InChI is InChI=1S/C7H17O5P/c1-3-11-13(10,12-4-2)7(5-8)6-9/h7-9H,3-6H2,1-2H3. The van der Waals surface area contributed by atoms with Crippen LogP contribution in [0.2, 0.25) is 0 Å². The summed E-state index contributed by atoms with van der Waals surface area (Å²) in [5.41, 5.74) is -0.840. The van der Waals surface area contributed by atoms with Crippen LogP contribution in [0.1, 0.15) is 13.8 Å². The van der Waals surface area contributed by atoms with Gasteiger partial charge in [-0.2, -0.15) is 0 Å². The van der Waals surface area contributed by atoms with E-state index in [1.807, 2.05) is 0 Å². The summed E-state index contributed by atoms with van der Waals surface area (Å²) in [7, 11) is -3.33. The van der Waals surface area contributed by atoms with E-state index in [4.69, 9.17) is 19.3 Å². The number of rotatable bonds is 7. The lowest BCUT2D eigenvalue weighted by atomic mass is 10.5. The molecule has 0 heterocycles. The average molecular weight is 212 g/mol. The second kappa shape index (κ2) is 6.51. The predicted octanol–water partition coefficient (Wildman–Crippen LogP) is 0.606. The number of hydrogen-bond donors (Lipinski definition) is 2. The topological polar surface area (TPSA) is 76.0 Å². The lowest BCUT2D eigenvalue weighted by Crippen LogP contribution is -2.21. The molecule has 0 spiro atoms. The highest BCUT2D eigenvalue weighted by Crippen LogP contribution is 2.52. The number of aliphatic hydroxyl groups is 2. The van der Waals surface area contributed by atoms with Crippen LogP contribution in [0.15, 0.2) is 0 Å². The molecular weight excluding hydrogens is 195 g/mol. The Morgan fingerprint density at radius 3 is 1.77 bits per heavy atom. The second-order valence-corrected chi connectivity index (χ2v) is 4.72. The van der Waals surface area contributed by atoms with Crippen molar-refractivity contribution in [2.24, 2.45) is 0 Å². The Morgan fingerprint density at radius 2 is 1.54 bits per heavy atom. The minimum absolute atomic E-state index is 0.230. The first-order valence-electron chi connectivity index (χ1n) is 4.25. The summed E-state index contributed by atoms with van der Waals surface area (Å²) in [4.78, 5) is 0. The first-order valence-corrected chi connectivity index (χ1v) is 5.86. The van der Waals surface area contributed by atoms with Crippen molar-refractivity contribution < 1.29 is 23.8 Å². The summed E-state index contributed by atoms with van der Waals surface area (Å²) in [6.45, 7) is 3.00. The third-order valence-corrected chi connectivity index (χ3v) is 3.94. The van der Waals surface area contributed by atoms with E-state index in [9.17, 15) is 4.57 Å². The molecule has 6 heteroatoms. The zero-order chi connectivity index (χ0) is 10.3.